The van der Waals surface area contributed by atoms with E-state index < -0.39 is 5.91 Å². The van der Waals surface area contributed by atoms with E-state index in [9.17, 15) is 9.59 Å². The second-order valence-electron chi connectivity index (χ2n) is 2.86. The number of hydrogen-bond acceptors (Lipinski definition) is 3. The van der Waals surface area contributed by atoms with Gasteiger partial charge in [-0.15, -0.1) is 0 Å². The van der Waals surface area contributed by atoms with Crippen molar-refractivity contribution in [3.05, 3.63) is 29.8 Å². The average molecular weight is 208 g/mol. The molecule has 1 rings (SSSR count). The highest BCUT2D eigenvalue weighted by Crippen LogP contribution is 2.12. The summed E-state index contributed by atoms with van der Waals surface area (Å²) < 4.78 is 5.05. The summed E-state index contributed by atoms with van der Waals surface area (Å²) in [7, 11) is 1.54. The molecule has 5 heteroatoms. The van der Waals surface area contributed by atoms with Crippen LogP contribution in [0.1, 0.15) is 10.4 Å². The van der Waals surface area contributed by atoms with E-state index in [0.717, 1.165) is 0 Å². The minimum atomic E-state index is -0.555. The van der Waals surface area contributed by atoms with Crippen molar-refractivity contribution < 1.29 is 14.3 Å². The summed E-state index contributed by atoms with van der Waals surface area (Å²) in [6.45, 7) is -0.197. The van der Waals surface area contributed by atoms with Crippen LogP contribution in [0.5, 0.6) is 5.75 Å². The van der Waals surface area contributed by atoms with Gasteiger partial charge in [-0.05, 0) is 18.2 Å². The van der Waals surface area contributed by atoms with E-state index in [2.05, 4.69) is 5.32 Å². The first-order valence-electron chi connectivity index (χ1n) is 4.36. The lowest BCUT2D eigenvalue weighted by Crippen LogP contribution is -2.20. The molecule has 0 aliphatic rings. The number of nitrogens with one attached hydrogen (secondary N) is 1. The van der Waals surface area contributed by atoms with Crippen molar-refractivity contribution in [3.63, 3.8) is 0 Å². The minimum Gasteiger partial charge on any atom is -0.484 e. The van der Waals surface area contributed by atoms with Gasteiger partial charge in [0.05, 0.1) is 0 Å². The van der Waals surface area contributed by atoms with Gasteiger partial charge in [0.15, 0.2) is 6.61 Å². The van der Waals surface area contributed by atoms with Crippen LogP contribution in [0.3, 0.4) is 0 Å². The molecule has 3 N–H and O–H groups in total. The quantitative estimate of drug-likeness (QED) is 0.725. The number of amides is 2. The van der Waals surface area contributed by atoms with Crippen LogP contribution in [-0.2, 0) is 4.79 Å². The van der Waals surface area contributed by atoms with Crippen molar-refractivity contribution in [2.75, 3.05) is 13.7 Å². The van der Waals surface area contributed by atoms with Crippen molar-refractivity contribution in [1.29, 1.82) is 0 Å². The molecule has 0 bridgehead atoms. The van der Waals surface area contributed by atoms with Crippen LogP contribution in [0, 0.1) is 0 Å². The first-order chi connectivity index (χ1) is 7.13. The Morgan fingerprint density at radius 3 is 2.80 bits per heavy atom. The number of ether oxygens (including phenoxy) is 1. The minimum absolute atomic E-state index is 0.197. The molecular weight excluding hydrogens is 196 g/mol. The van der Waals surface area contributed by atoms with Crippen molar-refractivity contribution in [3.8, 4) is 5.75 Å². The van der Waals surface area contributed by atoms with E-state index in [-0.39, 0.29) is 12.5 Å². The molecule has 0 aliphatic carbocycles. The summed E-state index contributed by atoms with van der Waals surface area (Å²) in [5, 5.41) is 2.49. The van der Waals surface area contributed by atoms with Crippen LogP contribution in [0.4, 0.5) is 0 Å². The van der Waals surface area contributed by atoms with Crippen LogP contribution in [0.25, 0.3) is 0 Å². The molecule has 0 fully saturated rings. The molecule has 0 aromatic heterocycles. The van der Waals surface area contributed by atoms with Crippen LogP contribution >= 0.6 is 0 Å². The molecule has 5 nitrogen and oxygen atoms in total. The van der Waals surface area contributed by atoms with Gasteiger partial charge in [-0.1, -0.05) is 6.07 Å². The molecule has 0 radical (unpaired) electrons. The molecule has 80 valence electrons. The molecule has 15 heavy (non-hydrogen) atoms. The molecule has 1 aromatic rings. The number of nitrogens with two attached hydrogens (primary N) is 1. The Hall–Kier alpha value is -2.04. The van der Waals surface area contributed by atoms with Crippen molar-refractivity contribution in [2.45, 2.75) is 0 Å². The average Bonchev–Trinajstić information content (AvgIpc) is 2.25. The summed E-state index contributed by atoms with van der Waals surface area (Å²) in [5.41, 5.74) is 5.39. The van der Waals surface area contributed by atoms with Crippen LogP contribution in [-0.4, -0.2) is 25.5 Å². The van der Waals surface area contributed by atoms with Crippen LogP contribution in [0.2, 0.25) is 0 Å². The predicted octanol–water partition coefficient (Wildman–Crippen LogP) is -0.0897. The first kappa shape index (κ1) is 11.0. The van der Waals surface area contributed by atoms with Gasteiger partial charge in [0, 0.05) is 12.6 Å². The number of carbonyl (C=O) groups is 2. The van der Waals surface area contributed by atoms with Gasteiger partial charge in [-0.25, -0.2) is 0 Å². The number of primary amides is 1. The van der Waals surface area contributed by atoms with Crippen LogP contribution in [0.15, 0.2) is 24.3 Å². The van der Waals surface area contributed by atoms with Crippen LogP contribution < -0.4 is 15.8 Å². The second-order valence-corrected chi connectivity index (χ2v) is 2.86. The van der Waals surface area contributed by atoms with Gasteiger partial charge >= 0.3 is 0 Å². The Bertz CT molecular complexity index is 377. The number of rotatable bonds is 4. The second kappa shape index (κ2) is 4.99. The van der Waals surface area contributed by atoms with Gasteiger partial charge in [-0.3, -0.25) is 9.59 Å². The van der Waals surface area contributed by atoms with Gasteiger partial charge in [-0.2, -0.15) is 0 Å². The topological polar surface area (TPSA) is 81.4 Å². The number of hydrogen-bond donors (Lipinski definition) is 2. The highest BCUT2D eigenvalue weighted by molar-refractivity contribution is 5.94. The molecule has 0 atom stereocenters. The van der Waals surface area contributed by atoms with E-state index in [0.29, 0.717) is 11.3 Å². The fraction of sp³-hybridized carbons (Fsp3) is 0.200. The Labute approximate surface area is 87.2 Å². The van der Waals surface area contributed by atoms with Gasteiger partial charge in [0.25, 0.3) is 11.8 Å². The molecule has 0 saturated carbocycles. The van der Waals surface area contributed by atoms with E-state index in [1.165, 1.54) is 0 Å². The maximum Gasteiger partial charge on any atom is 0.255 e. The fourth-order valence-electron chi connectivity index (χ4n) is 1.03. The Morgan fingerprint density at radius 1 is 1.47 bits per heavy atom. The van der Waals surface area contributed by atoms with Gasteiger partial charge in [0.1, 0.15) is 5.75 Å². The van der Waals surface area contributed by atoms with Crippen molar-refractivity contribution >= 4 is 11.8 Å². The van der Waals surface area contributed by atoms with E-state index >= 15 is 0 Å². The van der Waals surface area contributed by atoms with E-state index in [1.54, 1.807) is 31.3 Å². The van der Waals surface area contributed by atoms with E-state index in [4.69, 9.17) is 10.5 Å². The molecule has 0 heterocycles. The zero-order valence-corrected chi connectivity index (χ0v) is 8.32. The highest BCUT2D eigenvalue weighted by atomic mass is 16.5. The zero-order chi connectivity index (χ0) is 11.3. The summed E-state index contributed by atoms with van der Waals surface area (Å²) in [5.74, 6) is -0.324. The first-order valence-corrected chi connectivity index (χ1v) is 4.36. The van der Waals surface area contributed by atoms with Gasteiger partial charge in [0.2, 0.25) is 0 Å². The maximum absolute atomic E-state index is 11.2. The number of benzene rings is 1. The predicted molar refractivity (Wildman–Crippen MR) is 54.5 cm³/mol. The SMILES string of the molecule is CNC(=O)c1cccc(OCC(N)=O)c1. The van der Waals surface area contributed by atoms with Gasteiger partial charge < -0.3 is 15.8 Å². The molecule has 0 aliphatic heterocycles. The lowest BCUT2D eigenvalue weighted by atomic mass is 10.2. The van der Waals surface area contributed by atoms with Crippen molar-refractivity contribution in [1.82, 2.24) is 5.32 Å². The summed E-state index contributed by atoms with van der Waals surface area (Å²) >= 11 is 0. The van der Waals surface area contributed by atoms with E-state index in [1.807, 2.05) is 0 Å². The Morgan fingerprint density at radius 2 is 2.20 bits per heavy atom. The molecule has 0 unspecified atom stereocenters. The fourth-order valence-corrected chi connectivity index (χ4v) is 1.03. The zero-order valence-electron chi connectivity index (χ0n) is 8.32. The normalized spacial score (nSPS) is 9.40. The summed E-state index contributed by atoms with van der Waals surface area (Å²) in [6.07, 6.45) is 0. The molecule has 0 spiro atoms. The molecular formula is C10H12N2O3. The Balaban J connectivity index is 2.74. The summed E-state index contributed by atoms with van der Waals surface area (Å²) in [4.78, 5) is 21.7. The third-order valence-electron chi connectivity index (χ3n) is 1.70. The molecule has 0 saturated heterocycles. The maximum atomic E-state index is 11.2. The standard InChI is InChI=1S/C10H12N2O3/c1-12-10(14)7-3-2-4-8(5-7)15-6-9(11)13/h2-5H,6H2,1H3,(H2,11,13)(H,12,14). The largest absolute Gasteiger partial charge is 0.484 e. The highest BCUT2D eigenvalue weighted by Gasteiger charge is 2.04. The number of carbonyl (C=O) groups excluding carboxylic acids is 2. The molecule has 2 amide bonds. The lowest BCUT2D eigenvalue weighted by molar-refractivity contribution is -0.119. The molecule has 1 aromatic carbocycles. The smallest absolute Gasteiger partial charge is 0.255 e. The third-order valence-corrected chi connectivity index (χ3v) is 1.70. The third kappa shape index (κ3) is 3.30. The monoisotopic (exact) mass is 208 g/mol. The lowest BCUT2D eigenvalue weighted by Gasteiger charge is -2.05. The van der Waals surface area contributed by atoms with Crippen molar-refractivity contribution in [2.24, 2.45) is 5.73 Å². The Kier molecular flexibility index (Phi) is 3.68. The summed E-state index contributed by atoms with van der Waals surface area (Å²) in [6, 6.07) is 6.51.